The summed E-state index contributed by atoms with van der Waals surface area (Å²) in [5.74, 6) is -0.177. The second-order valence-corrected chi connectivity index (χ2v) is 6.95. The fourth-order valence-corrected chi connectivity index (χ4v) is 3.36. The third-order valence-corrected chi connectivity index (χ3v) is 4.99. The van der Waals surface area contributed by atoms with Gasteiger partial charge in [0.05, 0.1) is 5.92 Å². The molecule has 8 heteroatoms. The van der Waals surface area contributed by atoms with Gasteiger partial charge in [-0.3, -0.25) is 9.20 Å². The number of imidazole rings is 1. The molecule has 2 atom stereocenters. The molecule has 0 radical (unpaired) electrons. The van der Waals surface area contributed by atoms with Crippen molar-refractivity contribution in [1.29, 1.82) is 0 Å². The average molecular weight is 377 g/mol. The number of pyridine rings is 1. The molecule has 1 fully saturated rings. The molecular formula is C20H16FN5O2. The number of carbonyl (C=O) groups excluding carboxylic acids is 1. The second-order valence-electron chi connectivity index (χ2n) is 6.95. The van der Waals surface area contributed by atoms with Crippen molar-refractivity contribution in [2.45, 2.75) is 25.4 Å². The lowest BCUT2D eigenvalue weighted by atomic mass is 10.0. The first kappa shape index (κ1) is 16.6. The third kappa shape index (κ3) is 2.57. The number of benzene rings is 1. The number of rotatable bonds is 4. The number of nitrogens with zero attached hydrogens (tertiary/aromatic N) is 4. The average Bonchev–Trinajstić information content (AvgIpc) is 3.10. The minimum absolute atomic E-state index is 0.300. The summed E-state index contributed by atoms with van der Waals surface area (Å²) in [6, 6.07) is 11.1. The number of hydrogen-bond donors (Lipinski definition) is 1. The molecule has 0 bridgehead atoms. The van der Waals surface area contributed by atoms with Gasteiger partial charge in [0.15, 0.2) is 0 Å². The van der Waals surface area contributed by atoms with Crippen molar-refractivity contribution in [2.24, 2.45) is 5.73 Å². The van der Waals surface area contributed by atoms with Gasteiger partial charge in [0.2, 0.25) is 11.7 Å². The van der Waals surface area contributed by atoms with Crippen LogP contribution in [0, 0.1) is 6.92 Å². The van der Waals surface area contributed by atoms with Gasteiger partial charge in [0.1, 0.15) is 23.2 Å². The monoisotopic (exact) mass is 377 g/mol. The van der Waals surface area contributed by atoms with E-state index in [0.717, 1.165) is 11.1 Å². The SMILES string of the molecule is Cc1ccc(-c2noc([C@H]3C[C@@H]3F)n2)cc1-c1nc2ccccn2c1C(N)=O. The van der Waals surface area contributed by atoms with Crippen LogP contribution in [-0.2, 0) is 0 Å². The van der Waals surface area contributed by atoms with Crippen molar-refractivity contribution in [3.8, 4) is 22.6 Å². The zero-order valence-corrected chi connectivity index (χ0v) is 15.0. The van der Waals surface area contributed by atoms with Crippen molar-refractivity contribution in [3.63, 3.8) is 0 Å². The Morgan fingerprint density at radius 3 is 2.86 bits per heavy atom. The molecule has 1 saturated carbocycles. The highest BCUT2D eigenvalue weighted by atomic mass is 19.1. The van der Waals surface area contributed by atoms with Crippen LogP contribution in [0.1, 0.15) is 34.3 Å². The zero-order chi connectivity index (χ0) is 19.4. The Morgan fingerprint density at radius 1 is 1.29 bits per heavy atom. The summed E-state index contributed by atoms with van der Waals surface area (Å²) in [6.07, 6.45) is 1.27. The fourth-order valence-electron chi connectivity index (χ4n) is 3.36. The summed E-state index contributed by atoms with van der Waals surface area (Å²) >= 11 is 0. The predicted octanol–water partition coefficient (Wildman–Crippen LogP) is 3.28. The number of hydrogen-bond acceptors (Lipinski definition) is 5. The maximum atomic E-state index is 13.3. The molecule has 5 rings (SSSR count). The molecule has 2 N–H and O–H groups in total. The number of aryl methyl sites for hydroxylation is 1. The van der Waals surface area contributed by atoms with E-state index in [1.54, 1.807) is 10.6 Å². The molecule has 28 heavy (non-hydrogen) atoms. The fraction of sp³-hybridized carbons (Fsp3) is 0.200. The van der Waals surface area contributed by atoms with Crippen LogP contribution in [0.4, 0.5) is 4.39 Å². The summed E-state index contributed by atoms with van der Waals surface area (Å²) in [5, 5.41) is 3.98. The first-order valence-electron chi connectivity index (χ1n) is 8.89. The van der Waals surface area contributed by atoms with Gasteiger partial charge in [-0.2, -0.15) is 4.98 Å². The van der Waals surface area contributed by atoms with Crippen LogP contribution in [0.25, 0.3) is 28.3 Å². The summed E-state index contributed by atoms with van der Waals surface area (Å²) in [5.41, 5.74) is 9.43. The van der Waals surface area contributed by atoms with Crippen LogP contribution in [0.15, 0.2) is 47.1 Å². The van der Waals surface area contributed by atoms with E-state index in [-0.39, 0.29) is 5.92 Å². The van der Waals surface area contributed by atoms with Gasteiger partial charge in [-0.25, -0.2) is 9.37 Å². The molecule has 0 aliphatic heterocycles. The number of nitrogens with two attached hydrogens (primary N) is 1. The van der Waals surface area contributed by atoms with E-state index in [1.807, 2.05) is 43.3 Å². The number of amides is 1. The van der Waals surface area contributed by atoms with Gasteiger partial charge in [0.25, 0.3) is 5.91 Å². The molecule has 1 aliphatic carbocycles. The standard InChI is InChI=1S/C20H16FN5O2/c1-10-5-6-11(19-24-20(28-25-19)13-9-14(13)21)8-12(10)16-17(18(22)27)26-7-3-2-4-15(26)23-16/h2-8,13-14H,9H2,1H3,(H2,22,27)/t13-,14-/m0/s1. The van der Waals surface area contributed by atoms with E-state index >= 15 is 0 Å². The van der Waals surface area contributed by atoms with Crippen molar-refractivity contribution < 1.29 is 13.7 Å². The van der Waals surface area contributed by atoms with Crippen molar-refractivity contribution >= 4 is 11.6 Å². The van der Waals surface area contributed by atoms with E-state index in [1.165, 1.54) is 0 Å². The molecule has 1 amide bonds. The lowest BCUT2D eigenvalue weighted by Crippen LogP contribution is -2.15. The largest absolute Gasteiger partial charge is 0.364 e. The van der Waals surface area contributed by atoms with Gasteiger partial charge >= 0.3 is 0 Å². The van der Waals surface area contributed by atoms with Crippen molar-refractivity contribution in [3.05, 3.63) is 59.7 Å². The van der Waals surface area contributed by atoms with Crippen LogP contribution in [0.2, 0.25) is 0 Å². The van der Waals surface area contributed by atoms with Crippen molar-refractivity contribution in [1.82, 2.24) is 19.5 Å². The summed E-state index contributed by atoms with van der Waals surface area (Å²) in [7, 11) is 0. The van der Waals surface area contributed by atoms with Gasteiger partial charge < -0.3 is 10.3 Å². The van der Waals surface area contributed by atoms with E-state index in [9.17, 15) is 9.18 Å². The second kappa shape index (κ2) is 5.98. The normalized spacial score (nSPS) is 18.5. The number of fused-ring (bicyclic) bond motifs is 1. The Hall–Kier alpha value is -3.55. The molecule has 3 heterocycles. The Morgan fingerprint density at radius 2 is 2.11 bits per heavy atom. The molecule has 1 aromatic carbocycles. The predicted molar refractivity (Wildman–Crippen MR) is 99.4 cm³/mol. The molecule has 4 aromatic rings. The van der Waals surface area contributed by atoms with E-state index < -0.39 is 12.1 Å². The smallest absolute Gasteiger partial charge is 0.268 e. The number of halogens is 1. The highest BCUT2D eigenvalue weighted by molar-refractivity contribution is 5.99. The molecule has 0 saturated heterocycles. The number of carbonyl (C=O) groups is 1. The Kier molecular flexibility index (Phi) is 3.55. The Labute approximate surface area is 159 Å². The molecule has 140 valence electrons. The summed E-state index contributed by atoms with van der Waals surface area (Å²) in [4.78, 5) is 21.1. The lowest BCUT2D eigenvalue weighted by Gasteiger charge is -2.07. The van der Waals surface area contributed by atoms with Crippen LogP contribution in [0.3, 0.4) is 0 Å². The highest BCUT2D eigenvalue weighted by Gasteiger charge is 2.43. The molecule has 0 spiro atoms. The van der Waals surface area contributed by atoms with Gasteiger partial charge in [-0.05, 0) is 37.1 Å². The minimum atomic E-state index is -0.905. The van der Waals surface area contributed by atoms with Gasteiger partial charge in [-0.1, -0.05) is 23.4 Å². The summed E-state index contributed by atoms with van der Waals surface area (Å²) < 4.78 is 20.1. The lowest BCUT2D eigenvalue weighted by molar-refractivity contribution is 0.0995. The molecule has 3 aromatic heterocycles. The van der Waals surface area contributed by atoms with Crippen LogP contribution in [-0.4, -0.2) is 31.6 Å². The Bertz CT molecular complexity index is 1230. The summed E-state index contributed by atoms with van der Waals surface area (Å²) in [6.45, 7) is 1.92. The number of aromatic nitrogens is 4. The minimum Gasteiger partial charge on any atom is -0.364 e. The van der Waals surface area contributed by atoms with Crippen molar-refractivity contribution in [2.75, 3.05) is 0 Å². The number of alkyl halides is 1. The maximum absolute atomic E-state index is 13.3. The van der Waals surface area contributed by atoms with E-state index in [0.29, 0.717) is 40.7 Å². The molecule has 1 aliphatic rings. The van der Waals surface area contributed by atoms with Gasteiger partial charge in [0, 0.05) is 17.3 Å². The van der Waals surface area contributed by atoms with Gasteiger partial charge in [-0.15, -0.1) is 0 Å². The molecule has 0 unspecified atom stereocenters. The topological polar surface area (TPSA) is 99.3 Å². The van der Waals surface area contributed by atoms with Crippen LogP contribution < -0.4 is 5.73 Å². The van der Waals surface area contributed by atoms with E-state index in [2.05, 4.69) is 15.1 Å². The van der Waals surface area contributed by atoms with E-state index in [4.69, 9.17) is 10.3 Å². The van der Waals surface area contributed by atoms with Crippen LogP contribution >= 0.6 is 0 Å². The third-order valence-electron chi connectivity index (χ3n) is 4.99. The quantitative estimate of drug-likeness (QED) is 0.588. The maximum Gasteiger partial charge on any atom is 0.268 e. The Balaban J connectivity index is 1.64. The molecule has 7 nitrogen and oxygen atoms in total. The zero-order valence-electron chi connectivity index (χ0n) is 15.0. The first-order valence-corrected chi connectivity index (χ1v) is 8.89. The number of primary amides is 1. The first-order chi connectivity index (χ1) is 13.5. The molecular weight excluding hydrogens is 361 g/mol. The van der Waals surface area contributed by atoms with Crippen LogP contribution in [0.5, 0.6) is 0 Å². The highest BCUT2D eigenvalue weighted by Crippen LogP contribution is 2.43.